The van der Waals surface area contributed by atoms with Gasteiger partial charge in [0.15, 0.2) is 5.58 Å². The van der Waals surface area contributed by atoms with Crippen molar-refractivity contribution in [1.82, 2.24) is 9.88 Å². The second-order valence-corrected chi connectivity index (χ2v) is 4.56. The molecule has 98 valence electrons. The Morgan fingerprint density at radius 1 is 1.21 bits per heavy atom. The smallest absolute Gasteiger partial charge is 0.408 e. The van der Waals surface area contributed by atoms with Crippen LogP contribution in [0, 0.1) is 0 Å². The molecule has 2 heterocycles. The number of hydrogen-bond acceptors (Lipinski definition) is 4. The van der Waals surface area contributed by atoms with E-state index >= 15 is 0 Å². The summed E-state index contributed by atoms with van der Waals surface area (Å²) in [7, 11) is 0. The third-order valence-corrected chi connectivity index (χ3v) is 3.27. The predicted molar refractivity (Wildman–Crippen MR) is 67.0 cm³/mol. The number of Topliss-reactive ketones (excluding diaryl/α,β-unsaturated/α-hetero) is 1. The van der Waals surface area contributed by atoms with Crippen molar-refractivity contribution in [2.45, 2.75) is 12.8 Å². The van der Waals surface area contributed by atoms with Gasteiger partial charge in [-0.15, -0.1) is 0 Å². The van der Waals surface area contributed by atoms with Crippen molar-refractivity contribution in [2.24, 2.45) is 0 Å². The summed E-state index contributed by atoms with van der Waals surface area (Å²) in [5.41, 5.74) is 1.42. The van der Waals surface area contributed by atoms with Crippen LogP contribution in [0.1, 0.15) is 23.2 Å². The van der Waals surface area contributed by atoms with E-state index in [1.807, 2.05) is 0 Å². The van der Waals surface area contributed by atoms with Crippen LogP contribution < -0.4 is 5.76 Å². The Morgan fingerprint density at radius 2 is 1.95 bits per heavy atom. The summed E-state index contributed by atoms with van der Waals surface area (Å²) in [4.78, 5) is 38.6. The molecule has 1 aliphatic heterocycles. The Balaban J connectivity index is 1.88. The molecule has 2 aromatic rings. The number of likely N-dealkylation sites (tertiary alicyclic amines) is 1. The van der Waals surface area contributed by atoms with Gasteiger partial charge in [-0.3, -0.25) is 14.6 Å². The zero-order valence-electron chi connectivity index (χ0n) is 10.1. The number of amides is 1. The standard InChI is InChI=1S/C13H12N2O4/c16-9-3-5-15(6-4-9)12(17)8-1-2-11-10(7-8)14-13(18)19-11/h1-2,7H,3-6H2,(H,14,18). The maximum atomic E-state index is 12.2. The first-order valence-electron chi connectivity index (χ1n) is 6.07. The molecule has 3 rings (SSSR count). The zero-order chi connectivity index (χ0) is 13.4. The van der Waals surface area contributed by atoms with Crippen molar-refractivity contribution in [1.29, 1.82) is 0 Å². The monoisotopic (exact) mass is 260 g/mol. The van der Waals surface area contributed by atoms with Crippen molar-refractivity contribution in [2.75, 3.05) is 13.1 Å². The Kier molecular flexibility index (Phi) is 2.70. The van der Waals surface area contributed by atoms with Gasteiger partial charge in [-0.25, -0.2) is 4.79 Å². The number of carbonyl (C=O) groups is 2. The molecule has 0 spiro atoms. The highest BCUT2D eigenvalue weighted by Gasteiger charge is 2.22. The van der Waals surface area contributed by atoms with Crippen LogP contribution in [0.15, 0.2) is 27.4 Å². The maximum absolute atomic E-state index is 12.2. The van der Waals surface area contributed by atoms with Crippen LogP contribution in [0.25, 0.3) is 11.1 Å². The van der Waals surface area contributed by atoms with Crippen molar-refractivity contribution in [3.8, 4) is 0 Å². The minimum atomic E-state index is -0.539. The van der Waals surface area contributed by atoms with Crippen LogP contribution in [0.4, 0.5) is 0 Å². The van der Waals surface area contributed by atoms with Gasteiger partial charge >= 0.3 is 5.76 Å². The summed E-state index contributed by atoms with van der Waals surface area (Å²) >= 11 is 0. The molecule has 6 heteroatoms. The third-order valence-electron chi connectivity index (χ3n) is 3.27. The Hall–Kier alpha value is -2.37. The second kappa shape index (κ2) is 4.38. The van der Waals surface area contributed by atoms with Crippen LogP contribution >= 0.6 is 0 Å². The van der Waals surface area contributed by atoms with Crippen LogP contribution in [0.3, 0.4) is 0 Å². The van der Waals surface area contributed by atoms with Gasteiger partial charge in [-0.2, -0.15) is 0 Å². The Bertz CT molecular complexity index is 703. The highest BCUT2D eigenvalue weighted by atomic mass is 16.4. The first-order chi connectivity index (χ1) is 9.13. The van der Waals surface area contributed by atoms with Gasteiger partial charge in [0.1, 0.15) is 5.78 Å². The van der Waals surface area contributed by atoms with Gasteiger partial charge in [0.25, 0.3) is 5.91 Å². The number of aromatic amines is 1. The number of H-pyrrole nitrogens is 1. The van der Waals surface area contributed by atoms with E-state index in [9.17, 15) is 14.4 Å². The molecule has 0 aliphatic carbocycles. The van der Waals surface area contributed by atoms with E-state index < -0.39 is 5.76 Å². The summed E-state index contributed by atoms with van der Waals surface area (Å²) in [6.45, 7) is 0.912. The normalized spacial score (nSPS) is 16.0. The van der Waals surface area contributed by atoms with Gasteiger partial charge in [0, 0.05) is 31.5 Å². The fraction of sp³-hybridized carbons (Fsp3) is 0.308. The topological polar surface area (TPSA) is 83.4 Å². The highest BCUT2D eigenvalue weighted by Crippen LogP contribution is 2.16. The second-order valence-electron chi connectivity index (χ2n) is 4.56. The molecule has 1 amide bonds. The number of nitrogens with zero attached hydrogens (tertiary/aromatic N) is 1. The lowest BCUT2D eigenvalue weighted by Crippen LogP contribution is -2.38. The van der Waals surface area contributed by atoms with Crippen molar-refractivity contribution in [3.05, 3.63) is 34.3 Å². The number of carbonyl (C=O) groups excluding carboxylic acids is 2. The molecule has 19 heavy (non-hydrogen) atoms. The number of ketones is 1. The minimum absolute atomic E-state index is 0.128. The summed E-state index contributed by atoms with van der Waals surface area (Å²) in [5.74, 6) is -0.474. The molecule has 0 radical (unpaired) electrons. The van der Waals surface area contributed by atoms with Crippen molar-refractivity contribution >= 4 is 22.8 Å². The highest BCUT2D eigenvalue weighted by molar-refractivity contribution is 5.98. The Morgan fingerprint density at radius 3 is 2.68 bits per heavy atom. The van der Waals surface area contributed by atoms with Gasteiger partial charge in [-0.1, -0.05) is 0 Å². The zero-order valence-corrected chi connectivity index (χ0v) is 10.1. The fourth-order valence-electron chi connectivity index (χ4n) is 2.23. The fourth-order valence-corrected chi connectivity index (χ4v) is 2.23. The number of benzene rings is 1. The number of fused-ring (bicyclic) bond motifs is 1. The SMILES string of the molecule is O=C1CCN(C(=O)c2ccc3oc(=O)[nH]c3c2)CC1. The quantitative estimate of drug-likeness (QED) is 0.826. The lowest BCUT2D eigenvalue weighted by molar-refractivity contribution is -0.120. The van der Waals surface area contributed by atoms with Crippen LogP contribution in [-0.4, -0.2) is 34.7 Å². The summed E-state index contributed by atoms with van der Waals surface area (Å²) in [6, 6.07) is 4.81. The van der Waals surface area contributed by atoms with E-state index in [1.54, 1.807) is 23.1 Å². The third kappa shape index (κ3) is 2.16. The number of aromatic nitrogens is 1. The summed E-state index contributed by atoms with van der Waals surface area (Å²) in [6.07, 6.45) is 0.826. The minimum Gasteiger partial charge on any atom is -0.408 e. The van der Waals surface area contributed by atoms with E-state index in [0.717, 1.165) is 0 Å². The molecule has 1 aromatic heterocycles. The summed E-state index contributed by atoms with van der Waals surface area (Å²) in [5, 5.41) is 0. The first-order valence-corrected chi connectivity index (χ1v) is 6.07. The van der Waals surface area contributed by atoms with Gasteiger partial charge in [0.05, 0.1) is 5.52 Å². The first kappa shape index (κ1) is 11.7. The molecule has 1 aliphatic rings. The number of rotatable bonds is 1. The van der Waals surface area contributed by atoms with E-state index in [-0.39, 0.29) is 11.7 Å². The van der Waals surface area contributed by atoms with Crippen molar-refractivity contribution < 1.29 is 14.0 Å². The van der Waals surface area contributed by atoms with E-state index in [1.165, 1.54) is 0 Å². The average molecular weight is 260 g/mol. The predicted octanol–water partition coefficient (Wildman–Crippen LogP) is 0.926. The van der Waals surface area contributed by atoms with E-state index in [2.05, 4.69) is 4.98 Å². The number of nitrogens with one attached hydrogen (secondary N) is 1. The lowest BCUT2D eigenvalue weighted by Gasteiger charge is -2.26. The van der Waals surface area contributed by atoms with Crippen LogP contribution in [0.5, 0.6) is 0 Å². The maximum Gasteiger partial charge on any atom is 0.417 e. The molecule has 1 fully saturated rings. The van der Waals surface area contributed by atoms with E-state index in [4.69, 9.17) is 4.42 Å². The van der Waals surface area contributed by atoms with E-state index in [0.29, 0.717) is 42.6 Å². The molecule has 0 unspecified atom stereocenters. The molecule has 0 bridgehead atoms. The number of hydrogen-bond donors (Lipinski definition) is 1. The van der Waals surface area contributed by atoms with Gasteiger partial charge in [-0.05, 0) is 18.2 Å². The molecular formula is C13H12N2O4. The average Bonchev–Trinajstić information content (AvgIpc) is 2.77. The van der Waals surface area contributed by atoms with Gasteiger partial charge < -0.3 is 9.32 Å². The molecule has 6 nitrogen and oxygen atoms in total. The molecule has 0 atom stereocenters. The number of piperidine rings is 1. The molecule has 1 N–H and O–H groups in total. The Labute approximate surface area is 108 Å². The lowest BCUT2D eigenvalue weighted by atomic mass is 10.1. The molecule has 1 aromatic carbocycles. The van der Waals surface area contributed by atoms with Crippen molar-refractivity contribution in [3.63, 3.8) is 0 Å². The molecular weight excluding hydrogens is 248 g/mol. The summed E-state index contributed by atoms with van der Waals surface area (Å²) < 4.78 is 4.88. The van der Waals surface area contributed by atoms with Gasteiger partial charge in [0.2, 0.25) is 0 Å². The molecule has 0 saturated carbocycles. The van der Waals surface area contributed by atoms with Crippen LogP contribution in [-0.2, 0) is 4.79 Å². The van der Waals surface area contributed by atoms with Crippen LogP contribution in [0.2, 0.25) is 0 Å². The largest absolute Gasteiger partial charge is 0.417 e. The molecule has 1 saturated heterocycles. The number of oxazole rings is 1.